The maximum atomic E-state index is 12.0. The van der Waals surface area contributed by atoms with E-state index in [0.29, 0.717) is 18.0 Å². The minimum absolute atomic E-state index is 0.187. The van der Waals surface area contributed by atoms with Crippen LogP contribution < -0.4 is 0 Å². The van der Waals surface area contributed by atoms with E-state index in [9.17, 15) is 4.79 Å². The Bertz CT molecular complexity index is 661. The molecular formula is C19H23NO2. The number of esters is 1. The molecule has 4 rings (SSSR count). The number of hydrogen-bond donors (Lipinski definition) is 0. The number of ether oxygens (including phenoxy) is 1. The van der Waals surface area contributed by atoms with Gasteiger partial charge in [-0.05, 0) is 32.2 Å². The zero-order valence-corrected chi connectivity index (χ0v) is 13.6. The van der Waals surface area contributed by atoms with E-state index in [2.05, 4.69) is 37.5 Å². The maximum absolute atomic E-state index is 12.0. The molecular weight excluding hydrogens is 274 g/mol. The monoisotopic (exact) mass is 297 g/mol. The number of rotatable bonds is 1. The lowest BCUT2D eigenvalue weighted by Crippen LogP contribution is -2.52. The Labute approximate surface area is 132 Å². The Hall–Kier alpha value is -1.53. The Morgan fingerprint density at radius 3 is 3.05 bits per heavy atom. The summed E-state index contributed by atoms with van der Waals surface area (Å²) in [5.41, 5.74) is 2.98. The van der Waals surface area contributed by atoms with Gasteiger partial charge in [-0.3, -0.25) is 4.90 Å². The van der Waals surface area contributed by atoms with Crippen LogP contribution in [0.4, 0.5) is 0 Å². The van der Waals surface area contributed by atoms with Gasteiger partial charge in [0, 0.05) is 35.3 Å². The minimum Gasteiger partial charge on any atom is -0.445 e. The first-order valence-corrected chi connectivity index (χ1v) is 8.50. The molecule has 0 bridgehead atoms. The highest BCUT2D eigenvalue weighted by molar-refractivity contribution is 5.94. The van der Waals surface area contributed by atoms with Crippen LogP contribution in [0.25, 0.3) is 0 Å². The van der Waals surface area contributed by atoms with Gasteiger partial charge in [-0.2, -0.15) is 0 Å². The van der Waals surface area contributed by atoms with Crippen molar-refractivity contribution in [3.8, 4) is 11.8 Å². The number of piperidine rings is 1. The van der Waals surface area contributed by atoms with Crippen molar-refractivity contribution in [1.29, 1.82) is 0 Å². The largest absolute Gasteiger partial charge is 0.445 e. The van der Waals surface area contributed by atoms with E-state index in [-0.39, 0.29) is 5.97 Å². The van der Waals surface area contributed by atoms with E-state index in [4.69, 9.17) is 4.74 Å². The first-order valence-electron chi connectivity index (χ1n) is 8.50. The van der Waals surface area contributed by atoms with Crippen LogP contribution in [-0.2, 0) is 9.53 Å². The molecule has 0 amide bonds. The van der Waals surface area contributed by atoms with Gasteiger partial charge in [0.2, 0.25) is 0 Å². The van der Waals surface area contributed by atoms with Crippen molar-refractivity contribution in [2.45, 2.75) is 64.1 Å². The van der Waals surface area contributed by atoms with Crippen LogP contribution in [0.2, 0.25) is 0 Å². The zero-order chi connectivity index (χ0) is 15.5. The van der Waals surface area contributed by atoms with Gasteiger partial charge in [-0.25, -0.2) is 4.79 Å². The van der Waals surface area contributed by atoms with Crippen molar-refractivity contribution >= 4 is 5.97 Å². The van der Waals surface area contributed by atoms with Crippen molar-refractivity contribution < 1.29 is 9.53 Å². The van der Waals surface area contributed by atoms with Crippen LogP contribution in [0.1, 0.15) is 46.5 Å². The van der Waals surface area contributed by atoms with E-state index in [1.807, 2.05) is 0 Å². The molecule has 0 aromatic carbocycles. The molecule has 3 aliphatic heterocycles. The van der Waals surface area contributed by atoms with Crippen LogP contribution in [0.3, 0.4) is 0 Å². The summed E-state index contributed by atoms with van der Waals surface area (Å²) in [7, 11) is 0. The summed E-state index contributed by atoms with van der Waals surface area (Å²) in [6, 6.07) is 0.677. The molecule has 4 aliphatic rings. The number of hydrogen-bond acceptors (Lipinski definition) is 3. The highest BCUT2D eigenvalue weighted by Gasteiger charge is 2.68. The topological polar surface area (TPSA) is 29.5 Å². The molecule has 3 heterocycles. The van der Waals surface area contributed by atoms with Crippen molar-refractivity contribution in [2.24, 2.45) is 5.92 Å². The third-order valence-electron chi connectivity index (χ3n) is 5.52. The second-order valence-corrected chi connectivity index (χ2v) is 7.33. The van der Waals surface area contributed by atoms with Gasteiger partial charge >= 0.3 is 5.97 Å². The molecule has 1 aliphatic carbocycles. The highest BCUT2D eigenvalue weighted by atomic mass is 16.6. The van der Waals surface area contributed by atoms with Crippen molar-refractivity contribution in [3.05, 3.63) is 22.8 Å². The molecule has 0 aromatic heterocycles. The molecule has 0 N–H and O–H groups in total. The number of nitrogens with zero attached hydrogens (tertiary/aromatic N) is 1. The second kappa shape index (κ2) is 4.73. The lowest BCUT2D eigenvalue weighted by Gasteiger charge is -2.43. The summed E-state index contributed by atoms with van der Waals surface area (Å²) in [6.07, 6.45) is 6.17. The van der Waals surface area contributed by atoms with Gasteiger partial charge in [-0.1, -0.05) is 32.1 Å². The highest BCUT2D eigenvalue weighted by Crippen LogP contribution is 2.61. The van der Waals surface area contributed by atoms with Crippen molar-refractivity contribution in [2.75, 3.05) is 6.54 Å². The second-order valence-electron chi connectivity index (χ2n) is 7.33. The predicted octanol–water partition coefficient (Wildman–Crippen LogP) is 2.82. The molecule has 2 saturated heterocycles. The molecule has 3 heteroatoms. The van der Waals surface area contributed by atoms with Gasteiger partial charge in [0.25, 0.3) is 0 Å². The van der Waals surface area contributed by atoms with Crippen LogP contribution in [-0.4, -0.2) is 35.1 Å². The van der Waals surface area contributed by atoms with E-state index in [0.717, 1.165) is 30.5 Å². The normalized spacial score (nSPS) is 36.0. The Balaban J connectivity index is 1.77. The average Bonchev–Trinajstić information content (AvgIpc) is 2.88. The average molecular weight is 297 g/mol. The number of fused-ring (bicyclic) bond motifs is 1. The first-order chi connectivity index (χ1) is 10.6. The van der Waals surface area contributed by atoms with Crippen LogP contribution in [0, 0.1) is 17.8 Å². The molecule has 0 saturated carbocycles. The van der Waals surface area contributed by atoms with Crippen molar-refractivity contribution in [1.82, 2.24) is 4.90 Å². The molecule has 22 heavy (non-hydrogen) atoms. The van der Waals surface area contributed by atoms with Crippen LogP contribution in [0.5, 0.6) is 0 Å². The zero-order valence-electron chi connectivity index (χ0n) is 13.6. The van der Waals surface area contributed by atoms with E-state index in [1.54, 1.807) is 6.08 Å². The summed E-state index contributed by atoms with van der Waals surface area (Å²) in [4.78, 5) is 14.5. The standard InChI is InChI=1S/C19H23NO2/c1-12(2)7-6-8-14-15-11-17(21)22-19(15)16-9-4-5-10-20(16)13(3)18(14)19/h11-13,16H,4-5,7,9-10H2,1-3H3/t13-,16?,19-/m0/s1. The Morgan fingerprint density at radius 2 is 2.27 bits per heavy atom. The fourth-order valence-electron chi connectivity index (χ4n) is 4.64. The first kappa shape index (κ1) is 14.1. The van der Waals surface area contributed by atoms with E-state index in [1.165, 1.54) is 18.4 Å². The fraction of sp³-hybridized carbons (Fsp3) is 0.632. The van der Waals surface area contributed by atoms with Gasteiger partial charge in [0.15, 0.2) is 5.60 Å². The third-order valence-corrected chi connectivity index (χ3v) is 5.52. The molecule has 3 nitrogen and oxygen atoms in total. The molecule has 0 aromatic rings. The molecule has 1 spiro atoms. The quantitative estimate of drug-likeness (QED) is 0.550. The summed E-state index contributed by atoms with van der Waals surface area (Å²) in [6.45, 7) is 7.71. The smallest absolute Gasteiger partial charge is 0.332 e. The minimum atomic E-state index is -0.446. The maximum Gasteiger partial charge on any atom is 0.332 e. The summed E-state index contributed by atoms with van der Waals surface area (Å²) < 4.78 is 5.87. The number of carbonyl (C=O) groups excluding carboxylic acids is 1. The number of carbonyl (C=O) groups is 1. The predicted molar refractivity (Wildman–Crippen MR) is 85.0 cm³/mol. The van der Waals surface area contributed by atoms with E-state index >= 15 is 0 Å². The summed E-state index contributed by atoms with van der Waals surface area (Å²) in [5.74, 6) is 7.03. The third kappa shape index (κ3) is 1.65. The van der Waals surface area contributed by atoms with Crippen LogP contribution >= 0.6 is 0 Å². The van der Waals surface area contributed by atoms with Crippen molar-refractivity contribution in [3.63, 3.8) is 0 Å². The van der Waals surface area contributed by atoms with E-state index < -0.39 is 5.60 Å². The summed E-state index contributed by atoms with van der Waals surface area (Å²) in [5, 5.41) is 0. The lowest BCUT2D eigenvalue weighted by atomic mass is 9.65. The van der Waals surface area contributed by atoms with Crippen LogP contribution in [0.15, 0.2) is 22.8 Å². The SMILES string of the molecule is CC(C)CC#CC1=C2[C@H](C)N3CCCCC3[C@]23OC(=O)C=C13. The van der Waals surface area contributed by atoms with Gasteiger partial charge in [-0.15, -0.1) is 0 Å². The van der Waals surface area contributed by atoms with Gasteiger partial charge in [0.1, 0.15) is 0 Å². The summed E-state index contributed by atoms with van der Waals surface area (Å²) >= 11 is 0. The molecule has 0 radical (unpaired) electrons. The fourth-order valence-corrected chi connectivity index (χ4v) is 4.64. The lowest BCUT2D eigenvalue weighted by molar-refractivity contribution is -0.146. The molecule has 3 atom stereocenters. The molecule has 1 unspecified atom stereocenters. The molecule has 116 valence electrons. The molecule has 2 fully saturated rings. The Morgan fingerprint density at radius 1 is 1.45 bits per heavy atom. The van der Waals surface area contributed by atoms with Gasteiger partial charge in [0.05, 0.1) is 6.04 Å². The van der Waals surface area contributed by atoms with Gasteiger partial charge < -0.3 is 4.74 Å². The Kier molecular flexibility index (Phi) is 3.03.